The van der Waals surface area contributed by atoms with Gasteiger partial charge in [-0.3, -0.25) is 19.3 Å². The van der Waals surface area contributed by atoms with Crippen molar-refractivity contribution < 1.29 is 4.79 Å². The van der Waals surface area contributed by atoms with E-state index >= 15 is 0 Å². The molecule has 8 heteroatoms. The first-order valence-corrected chi connectivity index (χ1v) is 8.32. The van der Waals surface area contributed by atoms with Crippen molar-refractivity contribution in [3.05, 3.63) is 33.4 Å². The first-order valence-electron chi connectivity index (χ1n) is 7.34. The van der Waals surface area contributed by atoms with Crippen molar-refractivity contribution in [1.29, 1.82) is 0 Å². The zero-order valence-electron chi connectivity index (χ0n) is 11.9. The molecule has 1 aliphatic carbocycles. The summed E-state index contributed by atoms with van der Waals surface area (Å²) >= 11 is 1.53. The number of aromatic amines is 1. The number of fused-ring (bicyclic) bond motifs is 2. The highest BCUT2D eigenvalue weighted by Crippen LogP contribution is 2.25. The molecule has 0 fully saturated rings. The van der Waals surface area contributed by atoms with E-state index in [1.807, 2.05) is 0 Å². The van der Waals surface area contributed by atoms with E-state index in [0.717, 1.165) is 42.7 Å². The summed E-state index contributed by atoms with van der Waals surface area (Å²) < 4.78 is 1.56. The molecule has 0 aromatic carbocycles. The van der Waals surface area contributed by atoms with Gasteiger partial charge in [-0.25, -0.2) is 4.98 Å². The number of anilines is 1. The van der Waals surface area contributed by atoms with Crippen LogP contribution in [0.3, 0.4) is 0 Å². The van der Waals surface area contributed by atoms with E-state index < -0.39 is 5.91 Å². The molecule has 2 aromatic rings. The molecule has 2 aliphatic rings. The van der Waals surface area contributed by atoms with Crippen LogP contribution in [0.25, 0.3) is 0 Å². The lowest BCUT2D eigenvalue weighted by atomic mass is 9.97. The number of H-pyrrole nitrogens is 1. The van der Waals surface area contributed by atoms with Gasteiger partial charge >= 0.3 is 0 Å². The van der Waals surface area contributed by atoms with E-state index in [1.165, 1.54) is 18.0 Å². The molecule has 4 rings (SSSR count). The van der Waals surface area contributed by atoms with Crippen molar-refractivity contribution >= 4 is 23.5 Å². The van der Waals surface area contributed by atoms with Crippen molar-refractivity contribution in [2.75, 3.05) is 11.1 Å². The third kappa shape index (κ3) is 2.14. The lowest BCUT2D eigenvalue weighted by molar-refractivity contribution is 0.102. The van der Waals surface area contributed by atoms with Gasteiger partial charge in [0.05, 0.1) is 0 Å². The molecular formula is C14H15N5O2S. The van der Waals surface area contributed by atoms with Crippen LogP contribution in [-0.2, 0) is 19.4 Å². The molecule has 2 N–H and O–H groups in total. The van der Waals surface area contributed by atoms with Crippen LogP contribution in [0.15, 0.2) is 16.1 Å². The number of nitrogens with one attached hydrogen (secondary N) is 2. The standard InChI is InChI=1S/C14H15N5O2S/c20-12(9-7-15-14-19(13(9)21)5-6-22-14)16-11-8-3-1-2-4-10(8)17-18-11/h7H,1-6H2,(H2,16,17,18,20). The molecule has 1 amide bonds. The summed E-state index contributed by atoms with van der Waals surface area (Å²) in [4.78, 5) is 28.9. The van der Waals surface area contributed by atoms with Crippen molar-refractivity contribution in [3.63, 3.8) is 0 Å². The predicted molar refractivity (Wildman–Crippen MR) is 82.4 cm³/mol. The number of carbonyl (C=O) groups is 1. The van der Waals surface area contributed by atoms with E-state index in [-0.39, 0.29) is 11.1 Å². The maximum absolute atomic E-state index is 12.4. The molecule has 0 radical (unpaired) electrons. The van der Waals surface area contributed by atoms with Gasteiger partial charge in [-0.15, -0.1) is 0 Å². The van der Waals surface area contributed by atoms with Gasteiger partial charge < -0.3 is 5.32 Å². The van der Waals surface area contributed by atoms with Gasteiger partial charge in [0, 0.05) is 29.8 Å². The Morgan fingerprint density at radius 1 is 1.36 bits per heavy atom. The zero-order chi connectivity index (χ0) is 15.1. The molecular weight excluding hydrogens is 302 g/mol. The molecule has 0 saturated carbocycles. The lowest BCUT2D eigenvalue weighted by Crippen LogP contribution is -2.29. The number of amides is 1. The highest BCUT2D eigenvalue weighted by Gasteiger charge is 2.23. The van der Waals surface area contributed by atoms with E-state index in [9.17, 15) is 9.59 Å². The molecule has 1 aliphatic heterocycles. The first-order chi connectivity index (χ1) is 10.7. The summed E-state index contributed by atoms with van der Waals surface area (Å²) in [6.07, 6.45) is 5.45. The molecule has 0 unspecified atom stereocenters. The van der Waals surface area contributed by atoms with Gasteiger partial charge in [0.25, 0.3) is 11.5 Å². The molecule has 7 nitrogen and oxygen atoms in total. The highest BCUT2D eigenvalue weighted by molar-refractivity contribution is 7.99. The second kappa shape index (κ2) is 5.28. The van der Waals surface area contributed by atoms with Crippen LogP contribution in [0.4, 0.5) is 5.82 Å². The van der Waals surface area contributed by atoms with E-state index in [1.54, 1.807) is 4.57 Å². The number of carbonyl (C=O) groups excluding carboxylic acids is 1. The number of thioether (sulfide) groups is 1. The predicted octanol–water partition coefficient (Wildman–Crippen LogP) is 1.20. The van der Waals surface area contributed by atoms with Crippen LogP contribution in [-0.4, -0.2) is 31.4 Å². The van der Waals surface area contributed by atoms with Crippen molar-refractivity contribution in [1.82, 2.24) is 19.7 Å². The van der Waals surface area contributed by atoms with Crippen molar-refractivity contribution in [3.8, 4) is 0 Å². The third-order valence-corrected chi connectivity index (χ3v) is 5.06. The second-order valence-electron chi connectivity index (χ2n) is 5.45. The average Bonchev–Trinajstić information content (AvgIpc) is 3.15. The summed E-state index contributed by atoms with van der Waals surface area (Å²) in [7, 11) is 0. The van der Waals surface area contributed by atoms with Gasteiger partial charge in [-0.05, 0) is 25.7 Å². The first kappa shape index (κ1) is 13.6. The monoisotopic (exact) mass is 317 g/mol. The molecule has 0 spiro atoms. The molecule has 22 heavy (non-hydrogen) atoms. The van der Waals surface area contributed by atoms with E-state index in [0.29, 0.717) is 17.5 Å². The Kier molecular flexibility index (Phi) is 3.25. The molecule has 0 saturated heterocycles. The van der Waals surface area contributed by atoms with Crippen molar-refractivity contribution in [2.24, 2.45) is 0 Å². The number of nitrogens with zero attached hydrogens (tertiary/aromatic N) is 3. The average molecular weight is 317 g/mol. The number of hydrogen-bond acceptors (Lipinski definition) is 5. The maximum atomic E-state index is 12.4. The Balaban J connectivity index is 1.63. The third-order valence-electron chi connectivity index (χ3n) is 4.09. The van der Waals surface area contributed by atoms with Gasteiger partial charge in [-0.1, -0.05) is 11.8 Å². The Morgan fingerprint density at radius 3 is 3.14 bits per heavy atom. The summed E-state index contributed by atoms with van der Waals surface area (Å²) in [6, 6.07) is 0. The molecule has 3 heterocycles. The Morgan fingerprint density at radius 2 is 2.23 bits per heavy atom. The minimum Gasteiger partial charge on any atom is -0.305 e. The zero-order valence-corrected chi connectivity index (χ0v) is 12.7. The normalized spacial score (nSPS) is 16.2. The number of aryl methyl sites for hydroxylation is 1. The molecule has 0 atom stereocenters. The fourth-order valence-corrected chi connectivity index (χ4v) is 3.85. The van der Waals surface area contributed by atoms with Crippen LogP contribution in [0.1, 0.15) is 34.5 Å². The summed E-state index contributed by atoms with van der Waals surface area (Å²) in [5, 5.41) is 10.6. The number of aromatic nitrogens is 4. The Hall–Kier alpha value is -2.09. The van der Waals surface area contributed by atoms with Crippen LogP contribution in [0.5, 0.6) is 0 Å². The minimum atomic E-state index is -0.440. The quantitative estimate of drug-likeness (QED) is 0.812. The Labute approximate surface area is 130 Å². The van der Waals surface area contributed by atoms with Crippen LogP contribution in [0.2, 0.25) is 0 Å². The Bertz CT molecular complexity index is 810. The number of hydrogen-bond donors (Lipinski definition) is 2. The van der Waals surface area contributed by atoms with Crippen molar-refractivity contribution in [2.45, 2.75) is 37.4 Å². The highest BCUT2D eigenvalue weighted by atomic mass is 32.2. The maximum Gasteiger partial charge on any atom is 0.267 e. The smallest absolute Gasteiger partial charge is 0.267 e. The van der Waals surface area contributed by atoms with E-state index in [2.05, 4.69) is 20.5 Å². The van der Waals surface area contributed by atoms with Gasteiger partial charge in [-0.2, -0.15) is 5.10 Å². The fourth-order valence-electron chi connectivity index (χ4n) is 2.93. The summed E-state index contributed by atoms with van der Waals surface area (Å²) in [5.74, 6) is 0.920. The lowest BCUT2D eigenvalue weighted by Gasteiger charge is -2.11. The molecule has 2 aromatic heterocycles. The summed E-state index contributed by atoms with van der Waals surface area (Å²) in [6.45, 7) is 0.602. The second-order valence-corrected chi connectivity index (χ2v) is 6.51. The van der Waals surface area contributed by atoms with Crippen LogP contribution < -0.4 is 10.9 Å². The largest absolute Gasteiger partial charge is 0.305 e. The molecule has 114 valence electrons. The van der Waals surface area contributed by atoms with Crippen LogP contribution in [0, 0.1) is 0 Å². The molecule has 0 bridgehead atoms. The number of rotatable bonds is 2. The van der Waals surface area contributed by atoms with Gasteiger partial charge in [0.15, 0.2) is 11.0 Å². The van der Waals surface area contributed by atoms with Crippen LogP contribution >= 0.6 is 11.8 Å². The van der Waals surface area contributed by atoms with Gasteiger partial charge in [0.2, 0.25) is 0 Å². The SMILES string of the molecule is O=C(Nc1n[nH]c2c1CCCC2)c1cnc2n(c1=O)CCS2. The topological polar surface area (TPSA) is 92.7 Å². The summed E-state index contributed by atoms with van der Waals surface area (Å²) in [5.41, 5.74) is 1.93. The fraction of sp³-hybridized carbons (Fsp3) is 0.429. The van der Waals surface area contributed by atoms with Gasteiger partial charge in [0.1, 0.15) is 5.56 Å². The van der Waals surface area contributed by atoms with E-state index in [4.69, 9.17) is 0 Å². The minimum absolute atomic E-state index is 0.0683.